The molecule has 1 N–H and O–H groups in total. The molecule has 0 aromatic carbocycles. The Hall–Kier alpha value is -0.830. The quantitative estimate of drug-likeness (QED) is 0.386. The van der Waals surface area contributed by atoms with Crippen molar-refractivity contribution in [3.05, 3.63) is 18.3 Å². The van der Waals surface area contributed by atoms with Gasteiger partial charge >= 0.3 is 0 Å². The Labute approximate surface area is 73.0 Å². The number of rotatable bonds is 5. The van der Waals surface area contributed by atoms with Gasteiger partial charge in [-0.2, -0.15) is 6.92 Å². The fourth-order valence-electron chi connectivity index (χ4n) is 0.715. The minimum atomic E-state index is -0.279. The van der Waals surface area contributed by atoms with Gasteiger partial charge in [0.1, 0.15) is 5.76 Å². The van der Waals surface area contributed by atoms with Crippen LogP contribution in [0.5, 0.6) is 0 Å². The van der Waals surface area contributed by atoms with E-state index >= 15 is 0 Å². The summed E-state index contributed by atoms with van der Waals surface area (Å²) in [5, 5.41) is 8.54. The van der Waals surface area contributed by atoms with E-state index in [1.165, 1.54) is 6.08 Å². The molecule has 0 saturated carbocycles. The number of hydrogen-bond acceptors (Lipinski definition) is 3. The first-order valence-electron chi connectivity index (χ1n) is 4.03. The number of aliphatic hydroxyl groups excluding tert-OH is 1. The van der Waals surface area contributed by atoms with Gasteiger partial charge in [0.15, 0.2) is 0 Å². The Morgan fingerprint density at radius 1 is 1.67 bits per heavy atom. The van der Waals surface area contributed by atoms with Gasteiger partial charge < -0.3 is 16.3 Å². The number of esters is 1. The Bertz CT molecular complexity index is 161. The van der Waals surface area contributed by atoms with Gasteiger partial charge in [-0.1, -0.05) is 13.3 Å². The minimum Gasteiger partial charge on any atom is -0.433 e. The van der Waals surface area contributed by atoms with E-state index in [4.69, 9.17) is 9.84 Å². The van der Waals surface area contributed by atoms with Crippen molar-refractivity contribution in [1.82, 2.24) is 0 Å². The molecule has 0 radical (unpaired) electrons. The van der Waals surface area contributed by atoms with Crippen LogP contribution in [0.4, 0.5) is 0 Å². The van der Waals surface area contributed by atoms with Crippen LogP contribution in [0.1, 0.15) is 26.7 Å². The minimum absolute atomic E-state index is 0.0910. The lowest BCUT2D eigenvalue weighted by Gasteiger charge is -2.08. The molecule has 12 heavy (non-hydrogen) atoms. The summed E-state index contributed by atoms with van der Waals surface area (Å²) in [4.78, 5) is 10.9. The Kier molecular flexibility index (Phi) is 6.38. The lowest BCUT2D eigenvalue weighted by Crippen LogP contribution is -2.03. The number of hydrogen-bond donors (Lipinski definition) is 1. The first kappa shape index (κ1) is 11.2. The molecule has 0 rings (SSSR count). The van der Waals surface area contributed by atoms with E-state index in [0.29, 0.717) is 18.6 Å². The third-order valence-corrected chi connectivity index (χ3v) is 1.28. The molecular formula is C9H15O3-. The number of carbonyl (C=O) groups excluding carboxylic acids is 1. The van der Waals surface area contributed by atoms with Crippen molar-refractivity contribution in [1.29, 1.82) is 0 Å². The van der Waals surface area contributed by atoms with Gasteiger partial charge in [-0.25, -0.2) is 0 Å². The third-order valence-electron chi connectivity index (χ3n) is 1.28. The predicted octanol–water partition coefficient (Wildman–Crippen LogP) is 1.43. The molecule has 0 aliphatic rings. The van der Waals surface area contributed by atoms with Crippen molar-refractivity contribution in [2.45, 2.75) is 26.7 Å². The molecule has 0 aromatic heterocycles. The van der Waals surface area contributed by atoms with E-state index in [2.05, 4.69) is 0 Å². The van der Waals surface area contributed by atoms with Crippen molar-refractivity contribution in [2.75, 3.05) is 6.61 Å². The second-order valence-corrected chi connectivity index (χ2v) is 2.29. The lowest BCUT2D eigenvalue weighted by molar-refractivity contribution is -0.138. The van der Waals surface area contributed by atoms with Crippen molar-refractivity contribution in [2.24, 2.45) is 0 Å². The van der Waals surface area contributed by atoms with Gasteiger partial charge in [-0.15, -0.1) is 0 Å². The van der Waals surface area contributed by atoms with Crippen molar-refractivity contribution < 1.29 is 14.6 Å². The molecule has 0 bridgehead atoms. The second kappa shape index (κ2) is 6.85. The molecule has 0 atom stereocenters. The van der Waals surface area contributed by atoms with Crippen molar-refractivity contribution >= 4 is 5.97 Å². The standard InChI is InChI=1S/C9H15O3/c1-3-5-9(11)12-8(4-2)6-7-10/h3,6,10H,4-5,7H2,1-2H3/q-1. The highest BCUT2D eigenvalue weighted by Gasteiger charge is 1.99. The molecule has 0 unspecified atom stereocenters. The summed E-state index contributed by atoms with van der Waals surface area (Å²) in [7, 11) is 0. The molecule has 3 heteroatoms. The van der Waals surface area contributed by atoms with Crippen molar-refractivity contribution in [3.8, 4) is 0 Å². The van der Waals surface area contributed by atoms with E-state index in [-0.39, 0.29) is 12.6 Å². The van der Waals surface area contributed by atoms with Crippen LogP contribution in [0.3, 0.4) is 0 Å². The van der Waals surface area contributed by atoms with Gasteiger partial charge in [-0.05, 0) is 6.08 Å². The van der Waals surface area contributed by atoms with Crippen LogP contribution in [-0.2, 0) is 9.53 Å². The fraction of sp³-hybridized carbons (Fsp3) is 0.556. The van der Waals surface area contributed by atoms with Gasteiger partial charge in [0.2, 0.25) is 0 Å². The molecule has 70 valence electrons. The van der Waals surface area contributed by atoms with Crippen LogP contribution in [-0.4, -0.2) is 17.7 Å². The molecule has 0 aliphatic carbocycles. The highest BCUT2D eigenvalue weighted by molar-refractivity contribution is 5.71. The smallest absolute Gasteiger partial charge is 0.280 e. The van der Waals surface area contributed by atoms with Crippen LogP contribution >= 0.6 is 0 Å². The van der Waals surface area contributed by atoms with E-state index in [0.717, 1.165) is 0 Å². The highest BCUT2D eigenvalue weighted by atomic mass is 16.5. The summed E-state index contributed by atoms with van der Waals surface area (Å²) in [6, 6.07) is 0. The molecule has 0 aliphatic heterocycles. The number of aliphatic hydroxyl groups is 1. The van der Waals surface area contributed by atoms with Crippen molar-refractivity contribution in [3.63, 3.8) is 0 Å². The molecule has 3 nitrogen and oxygen atoms in total. The predicted molar refractivity (Wildman–Crippen MR) is 46.1 cm³/mol. The Morgan fingerprint density at radius 3 is 2.75 bits per heavy atom. The third kappa shape index (κ3) is 4.91. The van der Waals surface area contributed by atoms with E-state index in [1.807, 2.05) is 6.92 Å². The van der Waals surface area contributed by atoms with Crippen LogP contribution in [0.15, 0.2) is 11.8 Å². The molecule has 0 fully saturated rings. The van der Waals surface area contributed by atoms with Gasteiger partial charge in [0.25, 0.3) is 5.97 Å². The SMILES string of the molecule is C[CH-]CC(=O)OC(=CCO)CC. The molecule has 0 aromatic rings. The normalized spacial score (nSPS) is 11.4. The molecular weight excluding hydrogens is 156 g/mol. The Balaban J connectivity index is 3.85. The summed E-state index contributed by atoms with van der Waals surface area (Å²) in [6.45, 7) is 3.57. The summed E-state index contributed by atoms with van der Waals surface area (Å²) >= 11 is 0. The molecule has 0 saturated heterocycles. The lowest BCUT2D eigenvalue weighted by atomic mass is 10.3. The summed E-state index contributed by atoms with van der Waals surface area (Å²) < 4.78 is 4.91. The zero-order valence-electron chi connectivity index (χ0n) is 7.54. The highest BCUT2D eigenvalue weighted by Crippen LogP contribution is 2.04. The van der Waals surface area contributed by atoms with E-state index in [9.17, 15) is 4.79 Å². The molecule has 0 spiro atoms. The zero-order valence-corrected chi connectivity index (χ0v) is 7.54. The van der Waals surface area contributed by atoms with Crippen LogP contribution in [0.2, 0.25) is 0 Å². The number of ether oxygens (including phenoxy) is 1. The van der Waals surface area contributed by atoms with Crippen LogP contribution in [0.25, 0.3) is 0 Å². The second-order valence-electron chi connectivity index (χ2n) is 2.29. The first-order valence-corrected chi connectivity index (χ1v) is 4.03. The average molecular weight is 171 g/mol. The fourth-order valence-corrected chi connectivity index (χ4v) is 0.715. The monoisotopic (exact) mass is 171 g/mol. The summed E-state index contributed by atoms with van der Waals surface area (Å²) in [6.07, 6.45) is 4.15. The molecule has 0 amide bonds. The largest absolute Gasteiger partial charge is 0.433 e. The maximum Gasteiger partial charge on any atom is 0.280 e. The van der Waals surface area contributed by atoms with Crippen LogP contribution < -0.4 is 0 Å². The average Bonchev–Trinajstić information content (AvgIpc) is 2.04. The van der Waals surface area contributed by atoms with E-state index in [1.54, 1.807) is 13.3 Å². The zero-order chi connectivity index (χ0) is 9.40. The number of allylic oxidation sites excluding steroid dienone is 1. The summed E-state index contributed by atoms with van der Waals surface area (Å²) in [5.41, 5.74) is 0. The van der Waals surface area contributed by atoms with Gasteiger partial charge in [0.05, 0.1) is 6.61 Å². The Morgan fingerprint density at radius 2 is 2.33 bits per heavy atom. The first-order chi connectivity index (χ1) is 5.74. The number of carbonyl (C=O) groups is 1. The van der Waals surface area contributed by atoms with Gasteiger partial charge in [-0.3, -0.25) is 4.79 Å². The maximum atomic E-state index is 10.9. The van der Waals surface area contributed by atoms with Gasteiger partial charge in [0, 0.05) is 6.42 Å². The maximum absolute atomic E-state index is 10.9. The summed E-state index contributed by atoms with van der Waals surface area (Å²) in [5.74, 6) is 0.253. The topological polar surface area (TPSA) is 46.5 Å². The van der Waals surface area contributed by atoms with Crippen LogP contribution in [0, 0.1) is 6.42 Å². The molecule has 0 heterocycles. The van der Waals surface area contributed by atoms with E-state index < -0.39 is 0 Å².